The van der Waals surface area contributed by atoms with Crippen molar-refractivity contribution >= 4 is 21.7 Å². The molecule has 5 heteroatoms. The van der Waals surface area contributed by atoms with Crippen molar-refractivity contribution in [3.05, 3.63) is 69.4 Å². The highest BCUT2D eigenvalue weighted by Gasteiger charge is 2.14. The number of ketones is 1. The molecule has 0 fully saturated rings. The molecule has 0 aliphatic heterocycles. The number of Topliss-reactive ketones (excluding diaryl/α,β-unsaturated/α-hetero) is 1. The van der Waals surface area contributed by atoms with Crippen LogP contribution in [-0.2, 0) is 17.6 Å². The molecule has 0 aliphatic rings. The number of benzene rings is 2. The normalized spacial score (nSPS) is 10.6. The monoisotopic (exact) mass is 342 g/mol. The van der Waals surface area contributed by atoms with Crippen molar-refractivity contribution in [1.82, 2.24) is 0 Å². The fourth-order valence-electron chi connectivity index (χ4n) is 1.90. The highest BCUT2D eigenvalue weighted by atomic mass is 79.9. The van der Waals surface area contributed by atoms with Crippen LogP contribution in [0.25, 0.3) is 0 Å². The molecule has 2 rings (SSSR count). The van der Waals surface area contributed by atoms with E-state index in [9.17, 15) is 18.0 Å². The van der Waals surface area contributed by atoms with Crippen LogP contribution >= 0.6 is 15.9 Å². The maximum atomic E-state index is 13.4. The largest absolute Gasteiger partial charge is 0.299 e. The zero-order valence-electron chi connectivity index (χ0n) is 10.3. The highest BCUT2D eigenvalue weighted by Crippen LogP contribution is 2.17. The zero-order valence-corrected chi connectivity index (χ0v) is 11.9. The number of hydrogen-bond acceptors (Lipinski definition) is 1. The molecule has 0 N–H and O–H groups in total. The van der Waals surface area contributed by atoms with Crippen molar-refractivity contribution in [3.8, 4) is 0 Å². The van der Waals surface area contributed by atoms with E-state index < -0.39 is 17.5 Å². The third-order valence-corrected chi connectivity index (χ3v) is 3.22. The molecule has 0 aromatic heterocycles. The minimum absolute atomic E-state index is 0.0792. The lowest BCUT2D eigenvalue weighted by molar-refractivity contribution is -0.117. The van der Waals surface area contributed by atoms with Crippen LogP contribution in [0.3, 0.4) is 0 Å². The zero-order chi connectivity index (χ0) is 14.7. The molecule has 2 aromatic rings. The molecule has 0 saturated carbocycles. The lowest BCUT2D eigenvalue weighted by Crippen LogP contribution is -2.09. The Hall–Kier alpha value is -1.62. The van der Waals surface area contributed by atoms with Gasteiger partial charge in [-0.1, -0.05) is 22.0 Å². The predicted octanol–water partition coefficient (Wildman–Crippen LogP) is 4.22. The first-order valence-corrected chi connectivity index (χ1v) is 6.64. The van der Waals surface area contributed by atoms with Gasteiger partial charge in [0, 0.05) is 22.9 Å². The summed E-state index contributed by atoms with van der Waals surface area (Å²) in [6.45, 7) is 0. The molecule has 0 aliphatic carbocycles. The van der Waals surface area contributed by atoms with E-state index in [1.807, 2.05) is 0 Å². The molecule has 1 nitrogen and oxygen atoms in total. The van der Waals surface area contributed by atoms with Crippen LogP contribution in [-0.4, -0.2) is 5.78 Å². The van der Waals surface area contributed by atoms with Gasteiger partial charge in [0.2, 0.25) is 0 Å². The molecular formula is C15H10BrF3O. The number of carbonyl (C=O) groups excluding carboxylic acids is 1. The molecule has 0 atom stereocenters. The van der Waals surface area contributed by atoms with Gasteiger partial charge in [0.1, 0.15) is 23.2 Å². The average Bonchev–Trinajstić information content (AvgIpc) is 2.32. The third kappa shape index (κ3) is 3.70. The minimum Gasteiger partial charge on any atom is -0.299 e. The summed E-state index contributed by atoms with van der Waals surface area (Å²) < 4.78 is 40.5. The van der Waals surface area contributed by atoms with Crippen LogP contribution in [0, 0.1) is 17.5 Å². The first kappa shape index (κ1) is 14.8. The Kier molecular flexibility index (Phi) is 4.60. The summed E-state index contributed by atoms with van der Waals surface area (Å²) in [5.41, 5.74) is 0.201. The first-order chi connectivity index (χ1) is 9.45. The second kappa shape index (κ2) is 6.22. The van der Waals surface area contributed by atoms with E-state index >= 15 is 0 Å². The van der Waals surface area contributed by atoms with Crippen molar-refractivity contribution in [2.75, 3.05) is 0 Å². The van der Waals surface area contributed by atoms with Crippen LogP contribution in [0.15, 0.2) is 40.9 Å². The van der Waals surface area contributed by atoms with Gasteiger partial charge >= 0.3 is 0 Å². The molecular weight excluding hydrogens is 333 g/mol. The highest BCUT2D eigenvalue weighted by molar-refractivity contribution is 9.10. The van der Waals surface area contributed by atoms with Crippen molar-refractivity contribution in [3.63, 3.8) is 0 Å². The molecule has 0 saturated heterocycles. The number of rotatable bonds is 4. The topological polar surface area (TPSA) is 17.1 Å². The Bertz CT molecular complexity index is 615. The van der Waals surface area contributed by atoms with Crippen molar-refractivity contribution < 1.29 is 18.0 Å². The molecule has 104 valence electrons. The standard InChI is InChI=1S/C15H10BrF3O/c16-10-4-9(5-11(17)7-10)6-12(20)8-13-14(18)2-1-3-15(13)19/h1-5,7H,6,8H2. The summed E-state index contributed by atoms with van der Waals surface area (Å²) in [5, 5.41) is 0. The minimum atomic E-state index is -0.751. The third-order valence-electron chi connectivity index (χ3n) is 2.76. The average molecular weight is 343 g/mol. The summed E-state index contributed by atoms with van der Waals surface area (Å²) in [7, 11) is 0. The van der Waals surface area contributed by atoms with E-state index in [0.29, 0.717) is 10.0 Å². The van der Waals surface area contributed by atoms with Crippen molar-refractivity contribution in [2.24, 2.45) is 0 Å². The number of halogens is 4. The number of carbonyl (C=O) groups is 1. The van der Waals surface area contributed by atoms with E-state index in [-0.39, 0.29) is 24.2 Å². The fourth-order valence-corrected chi connectivity index (χ4v) is 2.41. The van der Waals surface area contributed by atoms with E-state index in [2.05, 4.69) is 15.9 Å². The maximum Gasteiger partial charge on any atom is 0.141 e. The molecule has 0 heterocycles. The Balaban J connectivity index is 2.13. The second-order valence-corrected chi connectivity index (χ2v) is 5.29. The van der Waals surface area contributed by atoms with E-state index in [1.54, 1.807) is 6.07 Å². The molecule has 20 heavy (non-hydrogen) atoms. The Morgan fingerprint density at radius 2 is 1.65 bits per heavy atom. The van der Waals surface area contributed by atoms with Gasteiger partial charge in [-0.15, -0.1) is 0 Å². The van der Waals surface area contributed by atoms with Crippen molar-refractivity contribution in [1.29, 1.82) is 0 Å². The lowest BCUT2D eigenvalue weighted by Gasteiger charge is -2.05. The second-order valence-electron chi connectivity index (χ2n) is 4.37. The summed E-state index contributed by atoms with van der Waals surface area (Å²) in [4.78, 5) is 11.8. The summed E-state index contributed by atoms with van der Waals surface area (Å²) in [6, 6.07) is 7.53. The van der Waals surface area contributed by atoms with Gasteiger partial charge in [-0.3, -0.25) is 4.79 Å². The molecule has 0 radical (unpaired) electrons. The molecule has 0 unspecified atom stereocenters. The van der Waals surface area contributed by atoms with Crippen molar-refractivity contribution in [2.45, 2.75) is 12.8 Å². The molecule has 0 bridgehead atoms. The first-order valence-electron chi connectivity index (χ1n) is 5.85. The van der Waals surface area contributed by atoms with Crippen LogP contribution < -0.4 is 0 Å². The summed E-state index contributed by atoms with van der Waals surface area (Å²) >= 11 is 3.12. The van der Waals surface area contributed by atoms with E-state index in [0.717, 1.165) is 12.1 Å². The smallest absolute Gasteiger partial charge is 0.141 e. The van der Waals surface area contributed by atoms with Gasteiger partial charge < -0.3 is 0 Å². The Morgan fingerprint density at radius 3 is 2.25 bits per heavy atom. The molecule has 0 spiro atoms. The summed E-state index contributed by atoms with van der Waals surface area (Å²) in [5.74, 6) is -2.36. The predicted molar refractivity (Wildman–Crippen MR) is 72.9 cm³/mol. The Morgan fingerprint density at radius 1 is 1.00 bits per heavy atom. The maximum absolute atomic E-state index is 13.4. The van der Waals surface area contributed by atoms with Crippen LogP contribution in [0.5, 0.6) is 0 Å². The van der Waals surface area contributed by atoms with E-state index in [1.165, 1.54) is 18.2 Å². The van der Waals surface area contributed by atoms with Crippen LogP contribution in [0.4, 0.5) is 13.2 Å². The summed E-state index contributed by atoms with van der Waals surface area (Å²) in [6.07, 6.45) is -0.434. The number of hydrogen-bond donors (Lipinski definition) is 0. The molecule has 2 aromatic carbocycles. The van der Waals surface area contributed by atoms with Gasteiger partial charge in [-0.2, -0.15) is 0 Å². The SMILES string of the molecule is O=C(Cc1cc(F)cc(Br)c1)Cc1c(F)cccc1F. The molecule has 0 amide bonds. The van der Waals surface area contributed by atoms with Crippen LogP contribution in [0.1, 0.15) is 11.1 Å². The van der Waals surface area contributed by atoms with Gasteiger partial charge in [0.05, 0.1) is 0 Å². The van der Waals surface area contributed by atoms with E-state index in [4.69, 9.17) is 0 Å². The van der Waals surface area contributed by atoms with Gasteiger partial charge in [-0.05, 0) is 35.9 Å². The lowest BCUT2D eigenvalue weighted by atomic mass is 10.0. The quantitative estimate of drug-likeness (QED) is 0.812. The Labute approximate surface area is 122 Å². The van der Waals surface area contributed by atoms with Gasteiger partial charge in [0.25, 0.3) is 0 Å². The fraction of sp³-hybridized carbons (Fsp3) is 0.133. The van der Waals surface area contributed by atoms with Crippen LogP contribution in [0.2, 0.25) is 0 Å². The van der Waals surface area contributed by atoms with Gasteiger partial charge in [0.15, 0.2) is 0 Å². The van der Waals surface area contributed by atoms with Gasteiger partial charge in [-0.25, -0.2) is 13.2 Å².